The molecule has 3 aromatic carbocycles. The van der Waals surface area contributed by atoms with E-state index in [0.717, 1.165) is 24.0 Å². The van der Waals surface area contributed by atoms with E-state index in [1.54, 1.807) is 18.2 Å². The molecule has 1 aromatic heterocycles. The van der Waals surface area contributed by atoms with Gasteiger partial charge in [0.1, 0.15) is 23.9 Å². The van der Waals surface area contributed by atoms with E-state index < -0.39 is 23.7 Å². The van der Waals surface area contributed by atoms with Gasteiger partial charge in [-0.1, -0.05) is 41.6 Å². The molecule has 4 aromatic rings. The Morgan fingerprint density at radius 2 is 1.89 bits per heavy atom. The zero-order chi connectivity index (χ0) is 26.6. The van der Waals surface area contributed by atoms with Gasteiger partial charge < -0.3 is 10.1 Å². The van der Waals surface area contributed by atoms with Gasteiger partial charge in [0.15, 0.2) is 0 Å². The highest BCUT2D eigenvalue weighted by Gasteiger charge is 2.35. The molecule has 1 fully saturated rings. The molecule has 1 N–H and O–H groups in total. The van der Waals surface area contributed by atoms with Crippen LogP contribution in [0.5, 0.6) is 0 Å². The zero-order valence-electron chi connectivity index (χ0n) is 21.4. The molecule has 196 valence electrons. The molecule has 2 atom stereocenters. The van der Waals surface area contributed by atoms with Gasteiger partial charge in [-0.25, -0.2) is 9.07 Å². The van der Waals surface area contributed by atoms with E-state index >= 15 is 4.39 Å². The molecule has 8 nitrogen and oxygen atoms in total. The number of carbonyl (C=O) groups excluding carboxylic acids is 2. The SMILES string of the molecule is Cc1ccc(N(C(=O)Cn2nnc3ccccc32)[C@H](C(=O)NC[C@@H]2CCCO2)c2ccccc2F)cc1C. The first-order valence-corrected chi connectivity index (χ1v) is 12.7. The summed E-state index contributed by atoms with van der Waals surface area (Å²) in [6, 6.07) is 17.6. The van der Waals surface area contributed by atoms with Gasteiger partial charge in [-0.3, -0.25) is 14.5 Å². The van der Waals surface area contributed by atoms with Crippen LogP contribution in [0.2, 0.25) is 0 Å². The molecule has 2 heterocycles. The summed E-state index contributed by atoms with van der Waals surface area (Å²) in [5.41, 5.74) is 3.91. The number of para-hydroxylation sites is 1. The number of nitrogens with zero attached hydrogens (tertiary/aromatic N) is 4. The molecular formula is C29H30FN5O3. The minimum Gasteiger partial charge on any atom is -0.376 e. The molecule has 1 saturated heterocycles. The molecule has 5 rings (SSSR count). The van der Waals surface area contributed by atoms with Crippen molar-refractivity contribution in [2.24, 2.45) is 0 Å². The highest BCUT2D eigenvalue weighted by molar-refractivity contribution is 6.01. The van der Waals surface area contributed by atoms with Crippen molar-refractivity contribution in [1.82, 2.24) is 20.3 Å². The van der Waals surface area contributed by atoms with E-state index in [0.29, 0.717) is 23.3 Å². The topological polar surface area (TPSA) is 89.4 Å². The minimum atomic E-state index is -1.25. The molecule has 9 heteroatoms. The molecule has 38 heavy (non-hydrogen) atoms. The lowest BCUT2D eigenvalue weighted by molar-refractivity contribution is -0.127. The van der Waals surface area contributed by atoms with Crippen LogP contribution < -0.4 is 10.2 Å². The first kappa shape index (κ1) is 25.5. The Kier molecular flexibility index (Phi) is 7.46. The zero-order valence-corrected chi connectivity index (χ0v) is 21.4. The third-order valence-corrected chi connectivity index (χ3v) is 6.98. The quantitative estimate of drug-likeness (QED) is 0.379. The second kappa shape index (κ2) is 11.1. The molecule has 0 bridgehead atoms. The number of aromatic nitrogens is 3. The summed E-state index contributed by atoms with van der Waals surface area (Å²) in [5, 5.41) is 11.2. The Labute approximate surface area is 220 Å². The van der Waals surface area contributed by atoms with Crippen LogP contribution in [0.4, 0.5) is 10.1 Å². The van der Waals surface area contributed by atoms with Crippen molar-refractivity contribution >= 4 is 28.5 Å². The average Bonchev–Trinajstić information content (AvgIpc) is 3.58. The number of rotatable bonds is 8. The third kappa shape index (κ3) is 5.28. The second-order valence-corrected chi connectivity index (χ2v) is 9.57. The number of nitrogens with one attached hydrogen (secondary N) is 1. The first-order chi connectivity index (χ1) is 18.4. The van der Waals surface area contributed by atoms with Gasteiger partial charge in [0.25, 0.3) is 0 Å². The Hall–Kier alpha value is -4.11. The van der Waals surface area contributed by atoms with Crippen LogP contribution >= 0.6 is 0 Å². The molecule has 0 radical (unpaired) electrons. The Morgan fingerprint density at radius 3 is 2.66 bits per heavy atom. The number of ether oxygens (including phenoxy) is 1. The van der Waals surface area contributed by atoms with Crippen LogP contribution in [-0.4, -0.2) is 46.1 Å². The van der Waals surface area contributed by atoms with Crippen LogP contribution in [0.3, 0.4) is 0 Å². The number of amides is 2. The summed E-state index contributed by atoms with van der Waals surface area (Å²) < 4.78 is 22.4. The van der Waals surface area contributed by atoms with Gasteiger partial charge in [-0.05, 0) is 68.1 Å². The van der Waals surface area contributed by atoms with Gasteiger partial charge >= 0.3 is 0 Å². The Balaban J connectivity index is 1.57. The van der Waals surface area contributed by atoms with E-state index in [-0.39, 0.29) is 24.8 Å². The molecule has 0 aliphatic carbocycles. The van der Waals surface area contributed by atoms with Crippen molar-refractivity contribution in [3.05, 3.63) is 89.2 Å². The lowest BCUT2D eigenvalue weighted by Crippen LogP contribution is -2.47. The maximum absolute atomic E-state index is 15.2. The van der Waals surface area contributed by atoms with E-state index in [2.05, 4.69) is 15.6 Å². The summed E-state index contributed by atoms with van der Waals surface area (Å²) in [5.74, 6) is -1.48. The number of benzene rings is 3. The van der Waals surface area contributed by atoms with Crippen molar-refractivity contribution in [3.8, 4) is 0 Å². The molecule has 0 unspecified atom stereocenters. The number of hydrogen-bond acceptors (Lipinski definition) is 5. The van der Waals surface area contributed by atoms with E-state index in [4.69, 9.17) is 4.74 Å². The first-order valence-electron chi connectivity index (χ1n) is 12.7. The van der Waals surface area contributed by atoms with Crippen molar-refractivity contribution < 1.29 is 18.7 Å². The summed E-state index contributed by atoms with van der Waals surface area (Å²) in [4.78, 5) is 29.2. The lowest BCUT2D eigenvalue weighted by atomic mass is 10.0. The number of hydrogen-bond donors (Lipinski definition) is 1. The predicted octanol–water partition coefficient (Wildman–Crippen LogP) is 4.26. The van der Waals surface area contributed by atoms with Gasteiger partial charge in [-0.15, -0.1) is 5.10 Å². The summed E-state index contributed by atoms with van der Waals surface area (Å²) in [7, 11) is 0. The van der Waals surface area contributed by atoms with Crippen LogP contribution in [0, 0.1) is 19.7 Å². The third-order valence-electron chi connectivity index (χ3n) is 6.98. The van der Waals surface area contributed by atoms with E-state index in [1.807, 2.05) is 50.2 Å². The van der Waals surface area contributed by atoms with E-state index in [9.17, 15) is 9.59 Å². The van der Waals surface area contributed by atoms with Crippen LogP contribution in [0.15, 0.2) is 66.7 Å². The highest BCUT2D eigenvalue weighted by Crippen LogP contribution is 2.31. The summed E-state index contributed by atoms with van der Waals surface area (Å²) in [6.45, 7) is 4.65. The standard InChI is InChI=1S/C29H30FN5O3/c1-19-13-14-21(16-20(19)2)35(27(36)18-34-26-12-6-5-11-25(26)32-33-34)28(23-9-3-4-10-24(23)30)29(37)31-17-22-8-7-15-38-22/h3-6,9-14,16,22,28H,7-8,15,17-18H2,1-2H3,(H,31,37)/t22-,28-/m0/s1. The smallest absolute Gasteiger partial charge is 0.249 e. The summed E-state index contributed by atoms with van der Waals surface area (Å²) >= 11 is 0. The van der Waals surface area contributed by atoms with Crippen molar-refractivity contribution in [2.75, 3.05) is 18.1 Å². The lowest BCUT2D eigenvalue weighted by Gasteiger charge is -2.32. The van der Waals surface area contributed by atoms with Crippen LogP contribution in [0.25, 0.3) is 11.0 Å². The van der Waals surface area contributed by atoms with Gasteiger partial charge in [0.05, 0.1) is 11.6 Å². The van der Waals surface area contributed by atoms with Crippen LogP contribution in [-0.2, 0) is 20.9 Å². The number of anilines is 1. The Bertz CT molecular complexity index is 1460. The Morgan fingerprint density at radius 1 is 1.11 bits per heavy atom. The van der Waals surface area contributed by atoms with Gasteiger partial charge in [0.2, 0.25) is 11.8 Å². The molecule has 0 saturated carbocycles. The predicted molar refractivity (Wildman–Crippen MR) is 142 cm³/mol. The highest BCUT2D eigenvalue weighted by atomic mass is 19.1. The van der Waals surface area contributed by atoms with E-state index in [1.165, 1.54) is 21.7 Å². The fourth-order valence-electron chi connectivity index (χ4n) is 4.76. The number of carbonyl (C=O) groups is 2. The van der Waals surface area contributed by atoms with Crippen molar-refractivity contribution in [2.45, 2.75) is 45.4 Å². The molecule has 0 spiro atoms. The molecular weight excluding hydrogens is 485 g/mol. The maximum Gasteiger partial charge on any atom is 0.249 e. The average molecular weight is 516 g/mol. The maximum atomic E-state index is 15.2. The molecule has 2 amide bonds. The number of fused-ring (bicyclic) bond motifs is 1. The number of halogens is 1. The normalized spacial score (nSPS) is 15.9. The molecule has 1 aliphatic rings. The van der Waals surface area contributed by atoms with Crippen molar-refractivity contribution in [3.63, 3.8) is 0 Å². The van der Waals surface area contributed by atoms with Crippen molar-refractivity contribution in [1.29, 1.82) is 0 Å². The van der Waals surface area contributed by atoms with Gasteiger partial charge in [0, 0.05) is 24.4 Å². The summed E-state index contributed by atoms with van der Waals surface area (Å²) in [6.07, 6.45) is 1.66. The molecule has 1 aliphatic heterocycles. The van der Waals surface area contributed by atoms with Crippen LogP contribution in [0.1, 0.15) is 35.6 Å². The minimum absolute atomic E-state index is 0.104. The fourth-order valence-corrected chi connectivity index (χ4v) is 4.76. The van der Waals surface area contributed by atoms with Gasteiger partial charge in [-0.2, -0.15) is 0 Å². The largest absolute Gasteiger partial charge is 0.376 e. The monoisotopic (exact) mass is 515 g/mol. The second-order valence-electron chi connectivity index (χ2n) is 9.57. The number of aryl methyl sites for hydroxylation is 2. The fraction of sp³-hybridized carbons (Fsp3) is 0.310.